The Hall–Kier alpha value is -1.54. The van der Waals surface area contributed by atoms with Crippen LogP contribution >= 0.6 is 7.60 Å². The van der Waals surface area contributed by atoms with E-state index in [1.807, 2.05) is 0 Å². The van der Waals surface area contributed by atoms with Gasteiger partial charge >= 0.3 is 7.60 Å². The topological polar surface area (TPSA) is 123 Å². The minimum atomic E-state index is -4.32. The van der Waals surface area contributed by atoms with E-state index in [2.05, 4.69) is 10.1 Å². The van der Waals surface area contributed by atoms with Gasteiger partial charge in [-0.05, 0) is 12.1 Å². The van der Waals surface area contributed by atoms with Crippen molar-refractivity contribution in [3.63, 3.8) is 0 Å². The summed E-state index contributed by atoms with van der Waals surface area (Å²) in [7, 11) is -4.32. The molecule has 0 unspecified atom stereocenters. The SMILES string of the molecule is Nc1ncnn2c(C[C@@H](CF)OCP(=O)(O)O)ccc12. The van der Waals surface area contributed by atoms with Crippen molar-refractivity contribution >= 4 is 18.9 Å². The quantitative estimate of drug-likeness (QED) is 0.658. The number of hydrogen-bond acceptors (Lipinski definition) is 5. The molecule has 0 saturated heterocycles. The highest BCUT2D eigenvalue weighted by Crippen LogP contribution is 2.34. The number of rotatable bonds is 6. The first-order chi connectivity index (χ1) is 9.40. The van der Waals surface area contributed by atoms with Crippen molar-refractivity contribution in [2.75, 3.05) is 18.8 Å². The third kappa shape index (κ3) is 3.51. The lowest BCUT2D eigenvalue weighted by Crippen LogP contribution is -2.20. The first-order valence-corrected chi connectivity index (χ1v) is 7.49. The first kappa shape index (κ1) is 14.9. The molecule has 0 aromatic carbocycles. The number of nitrogens with two attached hydrogens (primary N) is 1. The number of fused-ring (bicyclic) bond motifs is 1. The predicted octanol–water partition coefficient (Wildman–Crippen LogP) is 0.344. The molecule has 0 spiro atoms. The van der Waals surface area contributed by atoms with Crippen molar-refractivity contribution in [3.05, 3.63) is 24.2 Å². The highest BCUT2D eigenvalue weighted by Gasteiger charge is 2.19. The van der Waals surface area contributed by atoms with E-state index >= 15 is 0 Å². The molecule has 0 amide bonds. The summed E-state index contributed by atoms with van der Waals surface area (Å²) in [6, 6.07) is 3.37. The normalized spacial score (nSPS) is 13.8. The molecule has 0 fully saturated rings. The zero-order valence-electron chi connectivity index (χ0n) is 10.4. The lowest BCUT2D eigenvalue weighted by molar-refractivity contribution is 0.0553. The largest absolute Gasteiger partial charge is 0.382 e. The van der Waals surface area contributed by atoms with Crippen LogP contribution in [0.5, 0.6) is 0 Å². The lowest BCUT2D eigenvalue weighted by atomic mass is 10.2. The van der Waals surface area contributed by atoms with Crippen LogP contribution in [0.15, 0.2) is 18.5 Å². The molecule has 0 bridgehead atoms. The Balaban J connectivity index is 2.14. The van der Waals surface area contributed by atoms with Gasteiger partial charge in [-0.1, -0.05) is 0 Å². The van der Waals surface area contributed by atoms with Crippen molar-refractivity contribution < 1.29 is 23.5 Å². The molecule has 2 rings (SSSR count). The highest BCUT2D eigenvalue weighted by atomic mass is 31.2. The summed E-state index contributed by atoms with van der Waals surface area (Å²) in [6.07, 6.45) is -0.396. The van der Waals surface area contributed by atoms with Gasteiger partial charge in [-0.15, -0.1) is 0 Å². The Morgan fingerprint density at radius 3 is 2.90 bits per heavy atom. The molecule has 2 aromatic heterocycles. The van der Waals surface area contributed by atoms with Gasteiger partial charge in [-0.2, -0.15) is 5.10 Å². The van der Waals surface area contributed by atoms with Gasteiger partial charge < -0.3 is 20.3 Å². The number of ether oxygens (including phenoxy) is 1. The number of aromatic nitrogens is 3. The van der Waals surface area contributed by atoms with Gasteiger partial charge in [0.15, 0.2) is 5.82 Å². The maximum Gasteiger partial charge on any atom is 0.350 e. The minimum absolute atomic E-state index is 0.112. The summed E-state index contributed by atoms with van der Waals surface area (Å²) < 4.78 is 29.9. The Bertz CT molecular complexity index is 643. The van der Waals surface area contributed by atoms with Gasteiger partial charge in [0.1, 0.15) is 24.9 Å². The van der Waals surface area contributed by atoms with E-state index in [-0.39, 0.29) is 6.42 Å². The fourth-order valence-corrected chi connectivity index (χ4v) is 2.16. The third-order valence-corrected chi connectivity index (χ3v) is 3.13. The molecule has 110 valence electrons. The molecule has 10 heteroatoms. The average molecular weight is 304 g/mol. The second-order valence-corrected chi connectivity index (χ2v) is 5.80. The Labute approximate surface area is 113 Å². The summed E-state index contributed by atoms with van der Waals surface area (Å²) in [4.78, 5) is 21.3. The molecule has 4 N–H and O–H groups in total. The molecule has 0 saturated carbocycles. The molecule has 0 aliphatic rings. The van der Waals surface area contributed by atoms with Gasteiger partial charge in [-0.25, -0.2) is 13.9 Å². The summed E-state index contributed by atoms with van der Waals surface area (Å²) in [5.41, 5.74) is 6.86. The van der Waals surface area contributed by atoms with Crippen LogP contribution in [0.25, 0.3) is 5.52 Å². The zero-order chi connectivity index (χ0) is 14.8. The minimum Gasteiger partial charge on any atom is -0.382 e. The molecule has 2 aromatic rings. The van der Waals surface area contributed by atoms with Gasteiger partial charge in [-0.3, -0.25) is 4.57 Å². The van der Waals surface area contributed by atoms with Crippen LogP contribution < -0.4 is 5.73 Å². The van der Waals surface area contributed by atoms with E-state index in [9.17, 15) is 8.96 Å². The zero-order valence-corrected chi connectivity index (χ0v) is 11.3. The molecule has 8 nitrogen and oxygen atoms in total. The van der Waals surface area contributed by atoms with Crippen LogP contribution in [0.4, 0.5) is 10.2 Å². The number of anilines is 1. The number of hydrogen-bond donors (Lipinski definition) is 3. The molecule has 20 heavy (non-hydrogen) atoms. The Morgan fingerprint density at radius 2 is 2.25 bits per heavy atom. The van der Waals surface area contributed by atoms with Crippen molar-refractivity contribution in [2.45, 2.75) is 12.5 Å². The van der Waals surface area contributed by atoms with E-state index in [0.29, 0.717) is 17.0 Å². The summed E-state index contributed by atoms with van der Waals surface area (Å²) in [5.74, 6) is 0.291. The maximum absolute atomic E-state index is 12.9. The molecular formula is C10H14FN4O4P. The first-order valence-electron chi connectivity index (χ1n) is 5.70. The average Bonchev–Trinajstić information content (AvgIpc) is 2.78. The third-order valence-electron chi connectivity index (χ3n) is 2.65. The summed E-state index contributed by atoms with van der Waals surface area (Å²) >= 11 is 0. The monoisotopic (exact) mass is 304 g/mol. The lowest BCUT2D eigenvalue weighted by Gasteiger charge is -2.14. The summed E-state index contributed by atoms with van der Waals surface area (Å²) in [5, 5.41) is 3.99. The fourth-order valence-electron chi connectivity index (χ4n) is 1.76. The molecule has 1 atom stereocenters. The Morgan fingerprint density at radius 1 is 1.50 bits per heavy atom. The molecule has 0 aliphatic heterocycles. The van der Waals surface area contributed by atoms with Gasteiger partial charge in [0, 0.05) is 12.1 Å². The molecule has 0 radical (unpaired) electrons. The van der Waals surface area contributed by atoms with Gasteiger partial charge in [0.25, 0.3) is 0 Å². The fraction of sp³-hybridized carbons (Fsp3) is 0.400. The second-order valence-electron chi connectivity index (χ2n) is 4.21. The standard InChI is InChI=1S/C10H14FN4O4P/c11-4-8(19-6-20(16,17)18)3-7-1-2-9-10(12)13-5-14-15(7)9/h1-2,5,8H,3-4,6H2,(H2,12,13,14)(H2,16,17,18)/t8-/m0/s1. The van der Waals surface area contributed by atoms with Crippen molar-refractivity contribution in [1.82, 2.24) is 14.6 Å². The molecular weight excluding hydrogens is 290 g/mol. The van der Waals surface area contributed by atoms with E-state index in [4.69, 9.17) is 20.3 Å². The van der Waals surface area contributed by atoms with Crippen LogP contribution in [-0.2, 0) is 15.7 Å². The number of nitrogen functional groups attached to an aromatic ring is 1. The maximum atomic E-state index is 12.9. The summed E-state index contributed by atoms with van der Waals surface area (Å²) in [6.45, 7) is -0.867. The van der Waals surface area contributed by atoms with Crippen molar-refractivity contribution in [2.24, 2.45) is 0 Å². The number of nitrogens with zero attached hydrogens (tertiary/aromatic N) is 3. The van der Waals surface area contributed by atoms with Crippen LogP contribution in [0.2, 0.25) is 0 Å². The van der Waals surface area contributed by atoms with Crippen molar-refractivity contribution in [1.29, 1.82) is 0 Å². The van der Waals surface area contributed by atoms with E-state index in [1.165, 1.54) is 10.8 Å². The number of alkyl halides is 1. The van der Waals surface area contributed by atoms with Gasteiger partial charge in [0.2, 0.25) is 0 Å². The van der Waals surface area contributed by atoms with Crippen LogP contribution in [0.1, 0.15) is 5.69 Å². The van der Waals surface area contributed by atoms with Crippen LogP contribution in [0.3, 0.4) is 0 Å². The van der Waals surface area contributed by atoms with E-state index in [0.717, 1.165) is 0 Å². The van der Waals surface area contributed by atoms with Crippen LogP contribution in [-0.4, -0.2) is 43.5 Å². The van der Waals surface area contributed by atoms with Crippen molar-refractivity contribution in [3.8, 4) is 0 Å². The molecule has 0 aliphatic carbocycles. The van der Waals surface area contributed by atoms with Crippen LogP contribution in [0, 0.1) is 0 Å². The van der Waals surface area contributed by atoms with E-state index < -0.39 is 26.7 Å². The number of halogens is 1. The predicted molar refractivity (Wildman–Crippen MR) is 68.9 cm³/mol. The van der Waals surface area contributed by atoms with E-state index in [1.54, 1.807) is 12.1 Å². The second kappa shape index (κ2) is 5.84. The smallest absolute Gasteiger partial charge is 0.350 e. The molecule has 2 heterocycles. The highest BCUT2D eigenvalue weighted by molar-refractivity contribution is 7.51. The Kier molecular flexibility index (Phi) is 4.34. The van der Waals surface area contributed by atoms with Gasteiger partial charge in [0.05, 0.1) is 6.10 Å².